The van der Waals surface area contributed by atoms with Crippen LogP contribution < -0.4 is 4.74 Å². The molecule has 0 amide bonds. The van der Waals surface area contributed by atoms with Crippen LogP contribution >= 0.6 is 15.9 Å². The molecular weight excluding hydrogens is 376 g/mol. The Balaban J connectivity index is 1.96. The number of phenolic OH excluding ortho intramolecular Hbond substituents is 1. The van der Waals surface area contributed by atoms with Crippen molar-refractivity contribution in [2.45, 2.75) is 13.8 Å². The summed E-state index contributed by atoms with van der Waals surface area (Å²) in [6, 6.07) is 5.36. The van der Waals surface area contributed by atoms with Crippen molar-refractivity contribution in [3.63, 3.8) is 0 Å². The summed E-state index contributed by atoms with van der Waals surface area (Å²) in [5, 5.41) is 26.5. The monoisotopic (exact) mass is 390 g/mol. The molecule has 0 aliphatic carbocycles. The van der Waals surface area contributed by atoms with Crippen molar-refractivity contribution < 1.29 is 9.84 Å². The molecule has 8 nitrogen and oxygen atoms in total. The molecule has 0 fully saturated rings. The number of benzene rings is 1. The topological polar surface area (TPSA) is 90.4 Å². The zero-order valence-electron chi connectivity index (χ0n) is 13.3. The summed E-state index contributed by atoms with van der Waals surface area (Å²) >= 11 is 3.28. The highest BCUT2D eigenvalue weighted by Crippen LogP contribution is 2.34. The number of nitrogens with zero attached hydrogens (tertiary/aromatic N) is 6. The van der Waals surface area contributed by atoms with E-state index in [0.29, 0.717) is 16.2 Å². The maximum Gasteiger partial charge on any atom is 0.273 e. The number of halogens is 1. The van der Waals surface area contributed by atoms with Crippen LogP contribution in [-0.2, 0) is 0 Å². The van der Waals surface area contributed by atoms with E-state index in [1.54, 1.807) is 23.0 Å². The summed E-state index contributed by atoms with van der Waals surface area (Å²) in [5.41, 5.74) is 2.56. The van der Waals surface area contributed by atoms with Crippen LogP contribution in [0.1, 0.15) is 17.0 Å². The second-order valence-electron chi connectivity index (χ2n) is 5.11. The van der Waals surface area contributed by atoms with Crippen molar-refractivity contribution in [2.24, 2.45) is 5.10 Å². The molecule has 0 spiro atoms. The van der Waals surface area contributed by atoms with Crippen LogP contribution in [0.5, 0.6) is 11.5 Å². The number of aromatic nitrogens is 5. The molecule has 1 N–H and O–H groups in total. The summed E-state index contributed by atoms with van der Waals surface area (Å²) in [6.07, 6.45) is 3.11. The van der Waals surface area contributed by atoms with Crippen LogP contribution in [0.25, 0.3) is 5.95 Å². The van der Waals surface area contributed by atoms with Crippen LogP contribution in [-0.4, -0.2) is 43.1 Å². The Kier molecular flexibility index (Phi) is 4.34. The van der Waals surface area contributed by atoms with Gasteiger partial charge in [-0.05, 0) is 53.5 Å². The quantitative estimate of drug-likeness (QED) is 0.690. The zero-order chi connectivity index (χ0) is 17.3. The normalized spacial score (nSPS) is 11.3. The lowest BCUT2D eigenvalue weighted by Gasteiger charge is -2.06. The molecule has 0 aliphatic heterocycles. The van der Waals surface area contributed by atoms with Gasteiger partial charge in [0.05, 0.1) is 23.5 Å². The highest BCUT2D eigenvalue weighted by Gasteiger charge is 2.11. The minimum Gasteiger partial charge on any atom is -0.503 e. The van der Waals surface area contributed by atoms with Crippen LogP contribution in [0.4, 0.5) is 0 Å². The second-order valence-corrected chi connectivity index (χ2v) is 5.97. The van der Waals surface area contributed by atoms with Crippen molar-refractivity contribution in [3.05, 3.63) is 46.0 Å². The van der Waals surface area contributed by atoms with Crippen LogP contribution in [0.15, 0.2) is 34.1 Å². The second kappa shape index (κ2) is 6.44. The number of aromatic hydroxyl groups is 1. The van der Waals surface area contributed by atoms with Gasteiger partial charge in [-0.15, -0.1) is 10.2 Å². The molecule has 0 saturated heterocycles. The van der Waals surface area contributed by atoms with Gasteiger partial charge >= 0.3 is 0 Å². The average molecular weight is 391 g/mol. The fourth-order valence-electron chi connectivity index (χ4n) is 2.23. The van der Waals surface area contributed by atoms with Crippen LogP contribution in [0.2, 0.25) is 0 Å². The van der Waals surface area contributed by atoms with Gasteiger partial charge in [-0.3, -0.25) is 0 Å². The minimum absolute atomic E-state index is 0.0438. The zero-order valence-corrected chi connectivity index (χ0v) is 14.9. The van der Waals surface area contributed by atoms with Crippen molar-refractivity contribution in [1.29, 1.82) is 0 Å². The third-order valence-corrected chi connectivity index (χ3v) is 3.92. The van der Waals surface area contributed by atoms with E-state index in [-0.39, 0.29) is 5.75 Å². The van der Waals surface area contributed by atoms with Gasteiger partial charge in [0.25, 0.3) is 5.95 Å². The highest BCUT2D eigenvalue weighted by atomic mass is 79.9. The van der Waals surface area contributed by atoms with Gasteiger partial charge in [0.2, 0.25) is 0 Å². The smallest absolute Gasteiger partial charge is 0.273 e. The van der Waals surface area contributed by atoms with Crippen molar-refractivity contribution in [2.75, 3.05) is 7.11 Å². The molecule has 124 valence electrons. The molecule has 0 atom stereocenters. The molecule has 0 radical (unpaired) electrons. The van der Waals surface area contributed by atoms with Gasteiger partial charge in [-0.1, -0.05) is 0 Å². The summed E-state index contributed by atoms with van der Waals surface area (Å²) in [4.78, 5) is 0. The van der Waals surface area contributed by atoms with E-state index in [0.717, 1.165) is 17.0 Å². The van der Waals surface area contributed by atoms with E-state index in [1.807, 2.05) is 19.9 Å². The Hall–Kier alpha value is -2.68. The van der Waals surface area contributed by atoms with E-state index in [9.17, 15) is 5.11 Å². The summed E-state index contributed by atoms with van der Waals surface area (Å²) in [7, 11) is 1.49. The van der Waals surface area contributed by atoms with Crippen LogP contribution in [0.3, 0.4) is 0 Å². The first-order valence-corrected chi connectivity index (χ1v) is 7.83. The predicted octanol–water partition coefficient (Wildman–Crippen LogP) is 2.44. The van der Waals surface area contributed by atoms with Gasteiger partial charge in [-0.25, -0.2) is 4.68 Å². The van der Waals surface area contributed by atoms with Gasteiger partial charge in [0.15, 0.2) is 11.5 Å². The summed E-state index contributed by atoms with van der Waals surface area (Å²) in [6.45, 7) is 3.85. The number of aryl methyl sites for hydroxylation is 2. The van der Waals surface area contributed by atoms with E-state index in [2.05, 4.69) is 36.3 Å². The van der Waals surface area contributed by atoms with E-state index >= 15 is 0 Å². The molecule has 9 heteroatoms. The Morgan fingerprint density at radius 1 is 1.29 bits per heavy atom. The number of methoxy groups -OCH3 is 1. The molecule has 24 heavy (non-hydrogen) atoms. The van der Waals surface area contributed by atoms with Gasteiger partial charge in [0.1, 0.15) is 6.33 Å². The van der Waals surface area contributed by atoms with Gasteiger partial charge < -0.3 is 9.84 Å². The fraction of sp³-hybridized carbons (Fsp3) is 0.200. The molecule has 0 unspecified atom stereocenters. The molecule has 0 aliphatic rings. The lowest BCUT2D eigenvalue weighted by Crippen LogP contribution is -2.06. The Bertz CT molecular complexity index is 915. The van der Waals surface area contributed by atoms with E-state index in [1.165, 1.54) is 18.1 Å². The molecule has 3 rings (SSSR count). The lowest BCUT2D eigenvalue weighted by molar-refractivity contribution is 0.372. The first kappa shape index (κ1) is 16.2. The van der Waals surface area contributed by atoms with Crippen molar-refractivity contribution >= 4 is 22.1 Å². The number of hydrogen-bond acceptors (Lipinski definition) is 6. The molecule has 3 aromatic rings. The number of phenols is 1. The SMILES string of the molecule is COc1cc(/C=N\n2cnnc2-n2nc(C)cc2C)cc(Br)c1O. The first-order valence-electron chi connectivity index (χ1n) is 7.04. The molecule has 2 heterocycles. The standard InChI is InChI=1S/C15H15BrN6O2/c1-9-4-10(2)22(20-9)15-19-17-8-21(15)18-7-11-5-12(16)14(23)13(6-11)24-3/h4-8,23H,1-3H3/b18-7-. The molecular formula is C15H15BrN6O2. The maximum atomic E-state index is 9.85. The van der Waals surface area contributed by atoms with Gasteiger partial charge in [0, 0.05) is 5.69 Å². The third-order valence-electron chi connectivity index (χ3n) is 3.31. The Labute approximate surface area is 146 Å². The Morgan fingerprint density at radius 2 is 2.08 bits per heavy atom. The Morgan fingerprint density at radius 3 is 2.75 bits per heavy atom. The summed E-state index contributed by atoms with van der Waals surface area (Å²) in [5.74, 6) is 0.886. The molecule has 1 aromatic carbocycles. The molecule has 0 saturated carbocycles. The van der Waals surface area contributed by atoms with Crippen molar-refractivity contribution in [1.82, 2.24) is 24.7 Å². The average Bonchev–Trinajstić information content (AvgIpc) is 3.13. The predicted molar refractivity (Wildman–Crippen MR) is 92.0 cm³/mol. The maximum absolute atomic E-state index is 9.85. The largest absolute Gasteiger partial charge is 0.503 e. The highest BCUT2D eigenvalue weighted by molar-refractivity contribution is 9.10. The fourth-order valence-corrected chi connectivity index (χ4v) is 2.69. The number of rotatable bonds is 4. The van der Waals surface area contributed by atoms with E-state index < -0.39 is 0 Å². The number of ether oxygens (including phenoxy) is 1. The van der Waals surface area contributed by atoms with Gasteiger partial charge in [-0.2, -0.15) is 14.9 Å². The molecule has 0 bridgehead atoms. The lowest BCUT2D eigenvalue weighted by atomic mass is 10.2. The third kappa shape index (κ3) is 3.02. The van der Waals surface area contributed by atoms with E-state index in [4.69, 9.17) is 4.74 Å². The summed E-state index contributed by atoms with van der Waals surface area (Å²) < 4.78 is 8.84. The minimum atomic E-state index is 0.0438. The number of hydrogen-bond donors (Lipinski definition) is 1. The molecule has 2 aromatic heterocycles. The first-order chi connectivity index (χ1) is 11.5. The van der Waals surface area contributed by atoms with Crippen LogP contribution in [0, 0.1) is 13.8 Å². The van der Waals surface area contributed by atoms with Crippen molar-refractivity contribution in [3.8, 4) is 17.4 Å².